The van der Waals surface area contributed by atoms with Crippen molar-refractivity contribution in [3.8, 4) is 0 Å². The number of benzene rings is 1. The molecule has 4 nitrogen and oxygen atoms in total. The number of carbonyl (C=O) groups is 1. The van der Waals surface area contributed by atoms with Gasteiger partial charge in [0.15, 0.2) is 0 Å². The lowest BCUT2D eigenvalue weighted by Crippen LogP contribution is -2.16. The van der Waals surface area contributed by atoms with Crippen LogP contribution in [0.5, 0.6) is 0 Å². The maximum atomic E-state index is 10.5. The Bertz CT molecular complexity index is 504. The molecule has 0 aliphatic heterocycles. The number of aromatic nitrogens is 1. The molecule has 0 saturated carbocycles. The van der Waals surface area contributed by atoms with Crippen molar-refractivity contribution in [2.75, 3.05) is 6.61 Å². The normalized spacial score (nSPS) is 12.6. The molecule has 0 unspecified atom stereocenters. The number of primary amides is 1. The van der Waals surface area contributed by atoms with Gasteiger partial charge in [-0.3, -0.25) is 0 Å². The van der Waals surface area contributed by atoms with E-state index in [1.54, 1.807) is 0 Å². The molecule has 0 bridgehead atoms. The van der Waals surface area contributed by atoms with Crippen LogP contribution in [-0.4, -0.2) is 17.7 Å². The predicted octanol–water partition coefficient (Wildman–Crippen LogP) is 2.37. The number of para-hydroxylation sites is 1. The van der Waals surface area contributed by atoms with Gasteiger partial charge < -0.3 is 15.5 Å². The topological polar surface area (TPSA) is 68.1 Å². The third kappa shape index (κ3) is 2.00. The average molecular weight is 218 g/mol. The van der Waals surface area contributed by atoms with E-state index in [-0.39, 0.29) is 5.92 Å². The van der Waals surface area contributed by atoms with Gasteiger partial charge in [0.25, 0.3) is 0 Å². The highest BCUT2D eigenvalue weighted by Gasteiger charge is 2.12. The molecule has 0 spiro atoms. The molecule has 0 aliphatic rings. The molecule has 1 atom stereocenters. The Balaban J connectivity index is 2.22. The van der Waals surface area contributed by atoms with Crippen molar-refractivity contribution >= 4 is 17.0 Å². The standard InChI is InChI=1S/C12H14N2O2/c1-8(7-16-12(13)15)10-6-14-11-5-3-2-4-9(10)11/h2-6,8,14H,7H2,1H3,(H2,13,15)/t8-/m1/s1. The molecule has 2 rings (SSSR count). The number of nitrogens with two attached hydrogens (primary N) is 1. The van der Waals surface area contributed by atoms with E-state index in [0.717, 1.165) is 16.5 Å². The van der Waals surface area contributed by atoms with Crippen molar-refractivity contribution in [2.24, 2.45) is 5.73 Å². The predicted molar refractivity (Wildman–Crippen MR) is 62.2 cm³/mol. The molecule has 84 valence electrons. The van der Waals surface area contributed by atoms with Gasteiger partial charge >= 0.3 is 6.09 Å². The second-order valence-corrected chi connectivity index (χ2v) is 3.82. The summed E-state index contributed by atoms with van der Waals surface area (Å²) in [5.74, 6) is 0.128. The molecule has 0 saturated heterocycles. The van der Waals surface area contributed by atoms with E-state index < -0.39 is 6.09 Å². The largest absolute Gasteiger partial charge is 0.449 e. The Morgan fingerprint density at radius 2 is 2.25 bits per heavy atom. The van der Waals surface area contributed by atoms with Crippen LogP contribution in [-0.2, 0) is 4.74 Å². The van der Waals surface area contributed by atoms with Gasteiger partial charge in [-0.25, -0.2) is 4.79 Å². The first-order chi connectivity index (χ1) is 7.68. The van der Waals surface area contributed by atoms with Gasteiger partial charge in [-0.15, -0.1) is 0 Å². The van der Waals surface area contributed by atoms with Gasteiger partial charge in [0.05, 0.1) is 6.61 Å². The van der Waals surface area contributed by atoms with Crippen LogP contribution in [0, 0.1) is 0 Å². The van der Waals surface area contributed by atoms with Crippen LogP contribution in [0.2, 0.25) is 0 Å². The Morgan fingerprint density at radius 1 is 1.50 bits per heavy atom. The third-order valence-electron chi connectivity index (χ3n) is 2.63. The zero-order chi connectivity index (χ0) is 11.5. The van der Waals surface area contributed by atoms with Crippen LogP contribution in [0.15, 0.2) is 30.5 Å². The molecule has 4 heteroatoms. The summed E-state index contributed by atoms with van der Waals surface area (Å²) >= 11 is 0. The summed E-state index contributed by atoms with van der Waals surface area (Å²) in [5.41, 5.74) is 7.16. The smallest absolute Gasteiger partial charge is 0.404 e. The highest BCUT2D eigenvalue weighted by atomic mass is 16.5. The SMILES string of the molecule is C[C@H](COC(N)=O)c1c[nH]c2ccccc12. The first-order valence-corrected chi connectivity index (χ1v) is 5.16. The van der Waals surface area contributed by atoms with E-state index in [2.05, 4.69) is 4.98 Å². The number of aromatic amines is 1. The van der Waals surface area contributed by atoms with E-state index in [0.29, 0.717) is 6.61 Å². The fourth-order valence-corrected chi connectivity index (χ4v) is 1.80. The lowest BCUT2D eigenvalue weighted by Gasteiger charge is -2.09. The van der Waals surface area contributed by atoms with Crippen LogP contribution in [0.1, 0.15) is 18.4 Å². The zero-order valence-corrected chi connectivity index (χ0v) is 9.07. The summed E-state index contributed by atoms with van der Waals surface area (Å²) in [7, 11) is 0. The van der Waals surface area contributed by atoms with Crippen LogP contribution < -0.4 is 5.73 Å². The van der Waals surface area contributed by atoms with Crippen LogP contribution in [0.3, 0.4) is 0 Å². The number of ether oxygens (including phenoxy) is 1. The van der Waals surface area contributed by atoms with Crippen molar-refractivity contribution in [1.29, 1.82) is 0 Å². The number of carbonyl (C=O) groups excluding carboxylic acids is 1. The minimum absolute atomic E-state index is 0.128. The summed E-state index contributed by atoms with van der Waals surface area (Å²) in [4.78, 5) is 13.7. The number of hydrogen-bond donors (Lipinski definition) is 2. The van der Waals surface area contributed by atoms with Gasteiger partial charge in [0.2, 0.25) is 0 Å². The third-order valence-corrected chi connectivity index (χ3v) is 2.63. The summed E-state index contributed by atoms with van der Waals surface area (Å²) in [6, 6.07) is 8.02. The molecule has 0 aliphatic carbocycles. The number of nitrogens with one attached hydrogen (secondary N) is 1. The number of fused-ring (bicyclic) bond motifs is 1. The van der Waals surface area contributed by atoms with Gasteiger partial charge in [0, 0.05) is 23.0 Å². The first-order valence-electron chi connectivity index (χ1n) is 5.16. The molecule has 2 aromatic rings. The fraction of sp³-hybridized carbons (Fsp3) is 0.250. The summed E-state index contributed by atoms with van der Waals surface area (Å²) in [5, 5.41) is 1.16. The molecule has 1 aromatic heterocycles. The Hall–Kier alpha value is -1.97. The molecule has 3 N–H and O–H groups in total. The van der Waals surface area contributed by atoms with E-state index >= 15 is 0 Å². The number of rotatable bonds is 3. The number of H-pyrrole nitrogens is 1. The number of hydrogen-bond acceptors (Lipinski definition) is 2. The van der Waals surface area contributed by atoms with E-state index in [1.807, 2.05) is 37.4 Å². The lowest BCUT2D eigenvalue weighted by molar-refractivity contribution is 0.151. The maximum absolute atomic E-state index is 10.5. The molecule has 1 aromatic carbocycles. The van der Waals surface area contributed by atoms with Crippen molar-refractivity contribution < 1.29 is 9.53 Å². The van der Waals surface area contributed by atoms with Crippen molar-refractivity contribution in [3.63, 3.8) is 0 Å². The van der Waals surface area contributed by atoms with Gasteiger partial charge in [-0.05, 0) is 11.6 Å². The number of amides is 1. The van der Waals surface area contributed by atoms with Gasteiger partial charge in [-0.2, -0.15) is 0 Å². The molecule has 0 fully saturated rings. The van der Waals surface area contributed by atoms with E-state index in [4.69, 9.17) is 10.5 Å². The summed E-state index contributed by atoms with van der Waals surface area (Å²) < 4.78 is 4.80. The Morgan fingerprint density at radius 3 is 3.00 bits per heavy atom. The zero-order valence-electron chi connectivity index (χ0n) is 9.07. The average Bonchev–Trinajstić information content (AvgIpc) is 2.69. The maximum Gasteiger partial charge on any atom is 0.404 e. The molecule has 0 radical (unpaired) electrons. The Labute approximate surface area is 93.4 Å². The summed E-state index contributed by atoms with van der Waals surface area (Å²) in [6.07, 6.45) is 1.21. The fourth-order valence-electron chi connectivity index (χ4n) is 1.80. The Kier molecular flexibility index (Phi) is 2.81. The molecule has 1 amide bonds. The molecule has 1 heterocycles. The van der Waals surface area contributed by atoms with E-state index in [9.17, 15) is 4.79 Å². The minimum atomic E-state index is -0.730. The summed E-state index contributed by atoms with van der Waals surface area (Å²) in [6.45, 7) is 2.30. The van der Waals surface area contributed by atoms with Gasteiger partial charge in [0.1, 0.15) is 0 Å². The van der Waals surface area contributed by atoms with E-state index in [1.165, 1.54) is 0 Å². The van der Waals surface area contributed by atoms with Crippen molar-refractivity contribution in [2.45, 2.75) is 12.8 Å². The quantitative estimate of drug-likeness (QED) is 0.830. The highest BCUT2D eigenvalue weighted by molar-refractivity contribution is 5.83. The highest BCUT2D eigenvalue weighted by Crippen LogP contribution is 2.25. The van der Waals surface area contributed by atoms with Gasteiger partial charge in [-0.1, -0.05) is 25.1 Å². The molecular weight excluding hydrogens is 204 g/mol. The first kappa shape index (κ1) is 10.5. The minimum Gasteiger partial charge on any atom is -0.449 e. The van der Waals surface area contributed by atoms with Crippen LogP contribution in [0.25, 0.3) is 10.9 Å². The monoisotopic (exact) mass is 218 g/mol. The molecular formula is C12H14N2O2. The van der Waals surface area contributed by atoms with Crippen molar-refractivity contribution in [3.05, 3.63) is 36.0 Å². The second-order valence-electron chi connectivity index (χ2n) is 3.82. The second kappa shape index (κ2) is 4.26. The van der Waals surface area contributed by atoms with Crippen molar-refractivity contribution in [1.82, 2.24) is 4.98 Å². The lowest BCUT2D eigenvalue weighted by atomic mass is 10.0. The molecule has 16 heavy (non-hydrogen) atoms. The van der Waals surface area contributed by atoms with Crippen LogP contribution >= 0.6 is 0 Å². The van der Waals surface area contributed by atoms with Crippen LogP contribution in [0.4, 0.5) is 4.79 Å².